The van der Waals surface area contributed by atoms with Crippen molar-refractivity contribution in [2.75, 3.05) is 7.11 Å². The predicted octanol–water partition coefficient (Wildman–Crippen LogP) is 2.72. The van der Waals surface area contributed by atoms with Crippen LogP contribution in [-0.2, 0) is 9.53 Å². The lowest BCUT2D eigenvalue weighted by atomic mass is 10.2. The van der Waals surface area contributed by atoms with Gasteiger partial charge < -0.3 is 14.6 Å². The van der Waals surface area contributed by atoms with E-state index in [2.05, 4.69) is 31.1 Å². The van der Waals surface area contributed by atoms with Crippen LogP contribution in [0.5, 0.6) is 0 Å². The highest BCUT2D eigenvalue weighted by molar-refractivity contribution is 9.10. The van der Waals surface area contributed by atoms with Crippen LogP contribution in [0.15, 0.2) is 59.5 Å². The van der Waals surface area contributed by atoms with E-state index < -0.39 is 17.9 Å². The quantitative estimate of drug-likeness (QED) is 0.648. The second-order valence-corrected chi connectivity index (χ2v) is 6.49. The number of methoxy groups -OCH3 is 1. The molecule has 2 heterocycles. The number of hydrogen-bond acceptors (Lipinski definition) is 4. The zero-order valence-electron chi connectivity index (χ0n) is 14.2. The molecule has 3 aromatic rings. The van der Waals surface area contributed by atoms with Crippen LogP contribution in [-0.4, -0.2) is 39.4 Å². The molecule has 7 nitrogen and oxygen atoms in total. The predicted molar refractivity (Wildman–Crippen MR) is 99.5 cm³/mol. The van der Waals surface area contributed by atoms with Gasteiger partial charge in [0.1, 0.15) is 11.6 Å². The number of hydrogen-bond donors (Lipinski definition) is 1. The molecule has 0 saturated heterocycles. The van der Waals surface area contributed by atoms with Gasteiger partial charge in [-0.15, -0.1) is 0 Å². The Balaban J connectivity index is 2.02. The van der Waals surface area contributed by atoms with Crippen LogP contribution in [0.25, 0.3) is 11.5 Å². The maximum atomic E-state index is 12.7. The Morgan fingerprint density at radius 1 is 1.19 bits per heavy atom. The fourth-order valence-corrected chi connectivity index (χ4v) is 2.77. The summed E-state index contributed by atoms with van der Waals surface area (Å²) in [6.45, 7) is 1.57. The van der Waals surface area contributed by atoms with Gasteiger partial charge in [-0.05, 0) is 43.3 Å². The summed E-state index contributed by atoms with van der Waals surface area (Å²) in [5.41, 5.74) is 1.15. The first-order chi connectivity index (χ1) is 12.5. The van der Waals surface area contributed by atoms with Crippen molar-refractivity contribution in [2.24, 2.45) is 0 Å². The van der Waals surface area contributed by atoms with Crippen LogP contribution < -0.4 is 5.32 Å². The molecule has 2 aromatic heterocycles. The number of aromatic nitrogens is 3. The number of benzene rings is 1. The third-order valence-corrected chi connectivity index (χ3v) is 4.34. The molecule has 134 valence electrons. The summed E-state index contributed by atoms with van der Waals surface area (Å²) in [7, 11) is 1.28. The molecule has 0 aliphatic heterocycles. The van der Waals surface area contributed by atoms with Crippen molar-refractivity contribution in [3.63, 3.8) is 0 Å². The molecule has 3 rings (SSSR count). The maximum Gasteiger partial charge on any atom is 0.328 e. The molecule has 0 radical (unpaired) electrons. The number of nitrogens with zero attached hydrogens (tertiary/aromatic N) is 3. The van der Waals surface area contributed by atoms with E-state index in [0.717, 1.165) is 10.2 Å². The Morgan fingerprint density at radius 3 is 2.46 bits per heavy atom. The van der Waals surface area contributed by atoms with E-state index in [1.165, 1.54) is 13.3 Å². The van der Waals surface area contributed by atoms with Gasteiger partial charge in [-0.3, -0.25) is 4.79 Å². The van der Waals surface area contributed by atoms with Gasteiger partial charge >= 0.3 is 5.97 Å². The molecule has 1 amide bonds. The molecule has 0 bridgehead atoms. The number of amides is 1. The SMILES string of the molecule is COC(=O)[C@@H](C)NC(=O)c1cnn(-c2ccc(Br)cc2)c1-n1cccc1. The van der Waals surface area contributed by atoms with Crippen LogP contribution in [0, 0.1) is 0 Å². The first-order valence-electron chi connectivity index (χ1n) is 7.87. The van der Waals surface area contributed by atoms with Gasteiger partial charge in [-0.25, -0.2) is 9.48 Å². The highest BCUT2D eigenvalue weighted by Gasteiger charge is 2.23. The summed E-state index contributed by atoms with van der Waals surface area (Å²) >= 11 is 3.41. The van der Waals surface area contributed by atoms with Crippen molar-refractivity contribution in [3.05, 3.63) is 65.0 Å². The molecule has 1 aromatic carbocycles. The summed E-state index contributed by atoms with van der Waals surface area (Å²) in [6, 6.07) is 10.5. The molecule has 0 aliphatic rings. The zero-order chi connectivity index (χ0) is 18.7. The summed E-state index contributed by atoms with van der Waals surface area (Å²) in [5, 5.41) is 7.00. The molecule has 0 aliphatic carbocycles. The minimum absolute atomic E-state index is 0.347. The highest BCUT2D eigenvalue weighted by atomic mass is 79.9. The lowest BCUT2D eigenvalue weighted by Gasteiger charge is -2.13. The van der Waals surface area contributed by atoms with E-state index in [1.807, 2.05) is 48.8 Å². The van der Waals surface area contributed by atoms with Crippen molar-refractivity contribution in [3.8, 4) is 11.5 Å². The van der Waals surface area contributed by atoms with Crippen LogP contribution >= 0.6 is 15.9 Å². The van der Waals surface area contributed by atoms with Crippen molar-refractivity contribution >= 4 is 27.8 Å². The number of halogens is 1. The van der Waals surface area contributed by atoms with E-state index >= 15 is 0 Å². The molecule has 26 heavy (non-hydrogen) atoms. The van der Waals surface area contributed by atoms with Crippen LogP contribution in [0.1, 0.15) is 17.3 Å². The molecule has 0 fully saturated rings. The van der Waals surface area contributed by atoms with Crippen LogP contribution in [0.4, 0.5) is 0 Å². The molecule has 0 spiro atoms. The fourth-order valence-electron chi connectivity index (χ4n) is 2.51. The van der Waals surface area contributed by atoms with Gasteiger partial charge in [0.2, 0.25) is 0 Å². The standard InChI is InChI=1S/C18H17BrN4O3/c1-12(18(25)26-2)21-16(24)15-11-20-23(14-7-5-13(19)6-8-14)17(15)22-9-3-4-10-22/h3-12H,1-2H3,(H,21,24)/t12-/m1/s1. The number of ether oxygens (including phenoxy) is 1. The van der Waals surface area contributed by atoms with E-state index in [-0.39, 0.29) is 0 Å². The number of esters is 1. The van der Waals surface area contributed by atoms with Gasteiger partial charge in [-0.1, -0.05) is 15.9 Å². The average Bonchev–Trinajstić information content (AvgIpc) is 3.30. The van der Waals surface area contributed by atoms with Gasteiger partial charge in [0.05, 0.1) is 19.0 Å². The Bertz CT molecular complexity index is 917. The van der Waals surface area contributed by atoms with Crippen LogP contribution in [0.3, 0.4) is 0 Å². The summed E-state index contributed by atoms with van der Waals surface area (Å²) in [5.74, 6) is -0.344. The second-order valence-electron chi connectivity index (χ2n) is 5.58. The normalized spacial score (nSPS) is 11.8. The zero-order valence-corrected chi connectivity index (χ0v) is 15.8. The molecule has 0 saturated carbocycles. The Labute approximate surface area is 158 Å². The number of carbonyl (C=O) groups is 2. The Kier molecular flexibility index (Phi) is 5.22. The summed E-state index contributed by atoms with van der Waals surface area (Å²) in [6.07, 6.45) is 5.14. The fraction of sp³-hybridized carbons (Fsp3) is 0.167. The molecular weight excluding hydrogens is 400 g/mol. The van der Waals surface area contributed by atoms with E-state index in [0.29, 0.717) is 11.4 Å². The monoisotopic (exact) mass is 416 g/mol. The van der Waals surface area contributed by atoms with E-state index in [4.69, 9.17) is 0 Å². The second kappa shape index (κ2) is 7.57. The largest absolute Gasteiger partial charge is 0.467 e. The Hall–Kier alpha value is -2.87. The Morgan fingerprint density at radius 2 is 1.85 bits per heavy atom. The van der Waals surface area contributed by atoms with Gasteiger partial charge in [0.15, 0.2) is 5.82 Å². The summed E-state index contributed by atoms with van der Waals surface area (Å²) in [4.78, 5) is 24.3. The summed E-state index contributed by atoms with van der Waals surface area (Å²) < 4.78 is 9.07. The maximum absolute atomic E-state index is 12.7. The average molecular weight is 417 g/mol. The topological polar surface area (TPSA) is 78.2 Å². The minimum Gasteiger partial charge on any atom is -0.467 e. The van der Waals surface area contributed by atoms with Crippen molar-refractivity contribution < 1.29 is 14.3 Å². The molecule has 1 N–H and O–H groups in total. The number of nitrogens with one attached hydrogen (secondary N) is 1. The minimum atomic E-state index is -0.763. The lowest BCUT2D eigenvalue weighted by molar-refractivity contribution is -0.142. The number of rotatable bonds is 5. The molecule has 0 unspecified atom stereocenters. The van der Waals surface area contributed by atoms with Gasteiger partial charge in [-0.2, -0.15) is 5.10 Å². The molecule has 8 heteroatoms. The van der Waals surface area contributed by atoms with Gasteiger partial charge in [0, 0.05) is 16.9 Å². The van der Waals surface area contributed by atoms with Crippen molar-refractivity contribution in [2.45, 2.75) is 13.0 Å². The third kappa shape index (κ3) is 3.55. The molecular formula is C18H17BrN4O3. The third-order valence-electron chi connectivity index (χ3n) is 3.81. The van der Waals surface area contributed by atoms with E-state index in [9.17, 15) is 9.59 Å². The first kappa shape index (κ1) is 17.9. The van der Waals surface area contributed by atoms with Crippen molar-refractivity contribution in [1.29, 1.82) is 0 Å². The first-order valence-corrected chi connectivity index (χ1v) is 8.66. The van der Waals surface area contributed by atoms with Crippen molar-refractivity contribution in [1.82, 2.24) is 19.7 Å². The number of carbonyl (C=O) groups excluding carboxylic acids is 2. The lowest BCUT2D eigenvalue weighted by Crippen LogP contribution is -2.39. The van der Waals surface area contributed by atoms with Crippen LogP contribution in [0.2, 0.25) is 0 Å². The van der Waals surface area contributed by atoms with Gasteiger partial charge in [0.25, 0.3) is 5.91 Å². The van der Waals surface area contributed by atoms with E-state index in [1.54, 1.807) is 16.2 Å². The highest BCUT2D eigenvalue weighted by Crippen LogP contribution is 2.21. The smallest absolute Gasteiger partial charge is 0.328 e. The molecule has 1 atom stereocenters.